The molecule has 0 spiro atoms. The second-order valence-corrected chi connectivity index (χ2v) is 4.50. The van der Waals surface area contributed by atoms with Gasteiger partial charge >= 0.3 is 5.97 Å². The largest absolute Gasteiger partial charge is 0.466 e. The SMILES string of the molecule is CCOC(=O)CC(=O)CCCC(C)C1OCCO1. The molecule has 0 N–H and O–H groups in total. The summed E-state index contributed by atoms with van der Waals surface area (Å²) < 4.78 is 15.5. The fourth-order valence-electron chi connectivity index (χ4n) is 1.92. The Kier molecular flexibility index (Phi) is 6.90. The molecular weight excluding hydrogens is 236 g/mol. The summed E-state index contributed by atoms with van der Waals surface area (Å²) in [6, 6.07) is 0. The molecule has 0 aromatic rings. The van der Waals surface area contributed by atoms with Crippen LogP contribution in [0.3, 0.4) is 0 Å². The third kappa shape index (κ3) is 5.60. The standard InChI is InChI=1S/C13H22O5/c1-3-16-12(15)9-11(14)6-4-5-10(2)13-17-7-8-18-13/h10,13H,3-9H2,1-2H3. The van der Waals surface area contributed by atoms with Gasteiger partial charge < -0.3 is 14.2 Å². The highest BCUT2D eigenvalue weighted by atomic mass is 16.7. The van der Waals surface area contributed by atoms with Crippen molar-refractivity contribution in [3.8, 4) is 0 Å². The molecule has 0 aromatic heterocycles. The molecule has 1 aliphatic rings. The van der Waals surface area contributed by atoms with E-state index in [4.69, 9.17) is 14.2 Å². The van der Waals surface area contributed by atoms with E-state index < -0.39 is 5.97 Å². The number of ketones is 1. The topological polar surface area (TPSA) is 61.8 Å². The van der Waals surface area contributed by atoms with Crippen LogP contribution in [0.1, 0.15) is 39.5 Å². The first-order valence-corrected chi connectivity index (χ1v) is 6.54. The van der Waals surface area contributed by atoms with Gasteiger partial charge in [0, 0.05) is 12.3 Å². The normalized spacial score (nSPS) is 17.7. The Morgan fingerprint density at radius 1 is 1.33 bits per heavy atom. The number of hydrogen-bond acceptors (Lipinski definition) is 5. The molecule has 0 bridgehead atoms. The van der Waals surface area contributed by atoms with Gasteiger partial charge in [0.05, 0.1) is 19.8 Å². The minimum absolute atomic E-state index is 0.0612. The molecule has 1 atom stereocenters. The Hall–Kier alpha value is -0.940. The van der Waals surface area contributed by atoms with Crippen molar-refractivity contribution in [3.63, 3.8) is 0 Å². The lowest BCUT2D eigenvalue weighted by atomic mass is 10.0. The average Bonchev–Trinajstić information content (AvgIpc) is 2.82. The van der Waals surface area contributed by atoms with Gasteiger partial charge in [0.25, 0.3) is 0 Å². The van der Waals surface area contributed by atoms with Crippen molar-refractivity contribution in [3.05, 3.63) is 0 Å². The monoisotopic (exact) mass is 258 g/mol. The van der Waals surface area contributed by atoms with E-state index in [0.29, 0.717) is 26.2 Å². The molecule has 1 fully saturated rings. The van der Waals surface area contributed by atoms with E-state index in [-0.39, 0.29) is 24.4 Å². The highest BCUT2D eigenvalue weighted by Crippen LogP contribution is 2.19. The summed E-state index contributed by atoms with van der Waals surface area (Å²) >= 11 is 0. The van der Waals surface area contributed by atoms with Crippen molar-refractivity contribution < 1.29 is 23.8 Å². The molecule has 0 aromatic carbocycles. The predicted molar refractivity (Wildman–Crippen MR) is 65.0 cm³/mol. The quantitative estimate of drug-likeness (QED) is 0.489. The zero-order valence-corrected chi connectivity index (χ0v) is 11.1. The van der Waals surface area contributed by atoms with Gasteiger partial charge in [-0.1, -0.05) is 6.92 Å². The van der Waals surface area contributed by atoms with Crippen LogP contribution in [0, 0.1) is 5.92 Å². The molecule has 5 heteroatoms. The molecule has 1 heterocycles. The lowest BCUT2D eigenvalue weighted by Crippen LogP contribution is -2.19. The number of ether oxygens (including phenoxy) is 3. The number of rotatable bonds is 8. The molecule has 0 saturated carbocycles. The van der Waals surface area contributed by atoms with Gasteiger partial charge in [-0.15, -0.1) is 0 Å². The molecule has 0 radical (unpaired) electrons. The van der Waals surface area contributed by atoms with Crippen LogP contribution in [0.25, 0.3) is 0 Å². The van der Waals surface area contributed by atoms with Crippen molar-refractivity contribution >= 4 is 11.8 Å². The van der Waals surface area contributed by atoms with E-state index in [1.165, 1.54) is 0 Å². The smallest absolute Gasteiger partial charge is 0.313 e. The van der Waals surface area contributed by atoms with E-state index in [1.807, 2.05) is 6.92 Å². The Morgan fingerprint density at radius 2 is 2.00 bits per heavy atom. The molecule has 5 nitrogen and oxygen atoms in total. The van der Waals surface area contributed by atoms with Crippen LogP contribution in [0.15, 0.2) is 0 Å². The van der Waals surface area contributed by atoms with Crippen LogP contribution in [-0.4, -0.2) is 37.9 Å². The van der Waals surface area contributed by atoms with Crippen LogP contribution >= 0.6 is 0 Å². The Labute approximate surface area is 108 Å². The summed E-state index contributed by atoms with van der Waals surface area (Å²) in [6.45, 7) is 5.39. The maximum atomic E-state index is 11.5. The van der Waals surface area contributed by atoms with Gasteiger partial charge in [-0.3, -0.25) is 9.59 Å². The van der Waals surface area contributed by atoms with E-state index in [2.05, 4.69) is 0 Å². The van der Waals surface area contributed by atoms with Crippen molar-refractivity contribution in [2.24, 2.45) is 5.92 Å². The van der Waals surface area contributed by atoms with Crippen LogP contribution in [0.2, 0.25) is 0 Å². The summed E-state index contributed by atoms with van der Waals surface area (Å²) in [5.74, 6) is -0.213. The van der Waals surface area contributed by atoms with Gasteiger partial charge in [0.15, 0.2) is 6.29 Å². The second-order valence-electron chi connectivity index (χ2n) is 4.50. The fourth-order valence-corrected chi connectivity index (χ4v) is 1.92. The zero-order valence-electron chi connectivity index (χ0n) is 11.1. The van der Waals surface area contributed by atoms with Crippen LogP contribution in [0.5, 0.6) is 0 Å². The molecule has 1 saturated heterocycles. The Bertz CT molecular complexity index is 271. The average molecular weight is 258 g/mol. The second kappa shape index (κ2) is 8.21. The Morgan fingerprint density at radius 3 is 2.61 bits per heavy atom. The summed E-state index contributed by atoms with van der Waals surface area (Å²) in [5.41, 5.74) is 0. The molecule has 0 aliphatic carbocycles. The summed E-state index contributed by atoms with van der Waals surface area (Å²) in [5, 5.41) is 0. The first-order valence-electron chi connectivity index (χ1n) is 6.54. The predicted octanol–water partition coefficient (Wildman–Crippen LogP) is 1.69. The summed E-state index contributed by atoms with van der Waals surface area (Å²) in [7, 11) is 0. The molecule has 1 aliphatic heterocycles. The molecule has 0 amide bonds. The van der Waals surface area contributed by atoms with Crippen molar-refractivity contribution in [2.45, 2.75) is 45.8 Å². The minimum Gasteiger partial charge on any atom is -0.466 e. The molecule has 1 unspecified atom stereocenters. The molecule has 18 heavy (non-hydrogen) atoms. The first kappa shape index (κ1) is 15.1. The number of Topliss-reactive ketones (excluding diaryl/α,β-unsaturated/α-hetero) is 1. The third-order valence-electron chi connectivity index (χ3n) is 2.87. The van der Waals surface area contributed by atoms with Gasteiger partial charge in [-0.2, -0.15) is 0 Å². The highest BCUT2D eigenvalue weighted by Gasteiger charge is 2.23. The fraction of sp³-hybridized carbons (Fsp3) is 0.846. The lowest BCUT2D eigenvalue weighted by Gasteiger charge is -2.17. The van der Waals surface area contributed by atoms with Gasteiger partial charge in [0.1, 0.15) is 12.2 Å². The zero-order chi connectivity index (χ0) is 13.4. The van der Waals surface area contributed by atoms with Crippen LogP contribution in [0.4, 0.5) is 0 Å². The molecule has 1 rings (SSSR count). The maximum absolute atomic E-state index is 11.5. The van der Waals surface area contributed by atoms with Crippen molar-refractivity contribution in [1.29, 1.82) is 0 Å². The van der Waals surface area contributed by atoms with E-state index >= 15 is 0 Å². The third-order valence-corrected chi connectivity index (χ3v) is 2.87. The van der Waals surface area contributed by atoms with Gasteiger partial charge in [-0.05, 0) is 19.8 Å². The number of carbonyl (C=O) groups excluding carboxylic acids is 2. The number of carbonyl (C=O) groups is 2. The molecule has 104 valence electrons. The minimum atomic E-state index is -0.432. The Balaban J connectivity index is 2.09. The van der Waals surface area contributed by atoms with E-state index in [9.17, 15) is 9.59 Å². The first-order chi connectivity index (χ1) is 8.63. The van der Waals surface area contributed by atoms with E-state index in [0.717, 1.165) is 12.8 Å². The van der Waals surface area contributed by atoms with Gasteiger partial charge in [-0.25, -0.2) is 0 Å². The number of hydrogen-bond donors (Lipinski definition) is 0. The van der Waals surface area contributed by atoms with Crippen LogP contribution < -0.4 is 0 Å². The summed E-state index contributed by atoms with van der Waals surface area (Å²) in [6.07, 6.45) is 1.78. The lowest BCUT2D eigenvalue weighted by molar-refractivity contribution is -0.145. The maximum Gasteiger partial charge on any atom is 0.313 e. The van der Waals surface area contributed by atoms with Crippen LogP contribution in [-0.2, 0) is 23.8 Å². The molecular formula is C13H22O5. The number of esters is 1. The van der Waals surface area contributed by atoms with Crippen molar-refractivity contribution in [1.82, 2.24) is 0 Å². The summed E-state index contributed by atoms with van der Waals surface area (Å²) in [4.78, 5) is 22.5. The highest BCUT2D eigenvalue weighted by molar-refractivity contribution is 5.95. The van der Waals surface area contributed by atoms with Gasteiger partial charge in [0.2, 0.25) is 0 Å². The van der Waals surface area contributed by atoms with Crippen molar-refractivity contribution in [2.75, 3.05) is 19.8 Å². The van der Waals surface area contributed by atoms with E-state index in [1.54, 1.807) is 6.92 Å².